The molecule has 0 aliphatic heterocycles. The summed E-state index contributed by atoms with van der Waals surface area (Å²) in [6.45, 7) is 4.35. The molecule has 0 fully saturated rings. The second kappa shape index (κ2) is 13.9. The average molecular weight is 813 g/mol. The van der Waals surface area contributed by atoms with Crippen LogP contribution in [0, 0.1) is 44.3 Å². The van der Waals surface area contributed by atoms with Crippen molar-refractivity contribution in [1.82, 2.24) is 0 Å². The van der Waals surface area contributed by atoms with Crippen LogP contribution < -0.4 is 9.47 Å². The summed E-state index contributed by atoms with van der Waals surface area (Å²) in [7, 11) is 4.32. The first-order chi connectivity index (χ1) is 19.2. The number of phenolic OH excluding ortho intramolecular Hbond substituents is 1. The Kier molecular flexibility index (Phi) is 11.6. The smallest absolute Gasteiger partial charge is 0.665 e. The van der Waals surface area contributed by atoms with Crippen molar-refractivity contribution in [2.75, 3.05) is 7.11 Å². The van der Waals surface area contributed by atoms with E-state index in [1.54, 1.807) is 12.1 Å². The molecule has 0 saturated heterocycles. The van der Waals surface area contributed by atoms with Gasteiger partial charge < -0.3 is 14.6 Å². The molecule has 0 amide bonds. The number of aromatic hydroxyl groups is 1. The molecule has 0 bridgehead atoms. The fraction of sp³-hybridized carbons (Fsp3) is 0.219. The van der Waals surface area contributed by atoms with Gasteiger partial charge in [0, 0.05) is 0 Å². The molecule has 0 aliphatic carbocycles. The van der Waals surface area contributed by atoms with Gasteiger partial charge in [-0.1, -0.05) is 50.2 Å². The predicted molar refractivity (Wildman–Crippen MR) is 144 cm³/mol. The normalized spacial score (nSPS) is 12.0. The van der Waals surface area contributed by atoms with Crippen LogP contribution in [0.2, 0.25) is 0 Å². The molecule has 10 heteroatoms. The second-order valence-corrected chi connectivity index (χ2v) is 9.60. The fourth-order valence-electron chi connectivity index (χ4n) is 4.47. The minimum absolute atomic E-state index is 0. The zero-order chi connectivity index (χ0) is 30.5. The van der Waals surface area contributed by atoms with Crippen molar-refractivity contribution in [2.24, 2.45) is 0 Å². The summed E-state index contributed by atoms with van der Waals surface area (Å²) in [5.74, 6) is 0.487. The number of hydrogen-bond acceptors (Lipinski definition) is 3. The maximum Gasteiger partial charge on any atom is 2.00 e. The predicted octanol–water partition coefficient (Wildman–Crippen LogP) is 8.79. The second-order valence-electron chi connectivity index (χ2n) is 9.60. The van der Waals surface area contributed by atoms with Gasteiger partial charge in [0.1, 0.15) is 11.5 Å². The minimum atomic E-state index is -5.63. The van der Waals surface area contributed by atoms with Crippen LogP contribution in [0.5, 0.6) is 17.2 Å². The molecule has 0 atom stereocenters. The number of rotatable bonds is 6. The van der Waals surface area contributed by atoms with Gasteiger partial charge in [-0.05, 0) is 58.5 Å². The Bertz CT molecular complexity index is 1320. The maximum atomic E-state index is 13.8. The van der Waals surface area contributed by atoms with E-state index in [-0.39, 0.29) is 48.0 Å². The van der Waals surface area contributed by atoms with Crippen LogP contribution in [-0.4, -0.2) is 24.6 Å². The van der Waals surface area contributed by atoms with E-state index in [1.165, 1.54) is 18.2 Å². The molecule has 1 N–H and O–H groups in total. The van der Waals surface area contributed by atoms with Gasteiger partial charge in [0.2, 0.25) is 5.41 Å². The average Bonchev–Trinajstić information content (AvgIpc) is 2.94. The molecule has 3 nitrogen and oxygen atoms in total. The van der Waals surface area contributed by atoms with Gasteiger partial charge >= 0.3 is 43.5 Å². The summed E-state index contributed by atoms with van der Waals surface area (Å²) < 4.78 is 92.2. The molecule has 42 heavy (non-hydrogen) atoms. The zero-order valence-corrected chi connectivity index (χ0v) is 27.1. The standard InChI is InChI=1S/C17H13F6O2.C15H15O.U/c1-24-13-7-3-11(4-8-13)15(16(18,19)20,17(21,22)23)12-5-9-14(25-2)10-6-12;1-15(2,12-6-4-3-5-7-12)13-8-10-14(16)11-9-13;/h3-10H,1H2,2H3;4-11,16H,1-2H3;/q2*-1;+2. The Morgan fingerprint density at radius 1 is 0.619 bits per heavy atom. The van der Waals surface area contributed by atoms with Crippen molar-refractivity contribution in [3.63, 3.8) is 0 Å². The molecule has 0 aliphatic rings. The first-order valence-electron chi connectivity index (χ1n) is 12.2. The van der Waals surface area contributed by atoms with Crippen LogP contribution in [0.25, 0.3) is 0 Å². The number of benzene rings is 4. The first kappa shape index (κ1) is 35.1. The topological polar surface area (TPSA) is 38.7 Å². The van der Waals surface area contributed by atoms with Crippen molar-refractivity contribution in [3.05, 3.63) is 132 Å². The molecule has 0 spiro atoms. The SMILES string of the molecule is CC(C)(c1cc[c-]cc1)c1ccc(O)cc1.[CH2-]Oc1ccc(C(c2ccc(OC)cc2)(C(F)(F)F)C(F)(F)F)cc1.[U+2]. The van der Waals surface area contributed by atoms with Crippen LogP contribution in [0.3, 0.4) is 0 Å². The van der Waals surface area contributed by atoms with E-state index in [9.17, 15) is 31.4 Å². The third-order valence-corrected chi connectivity index (χ3v) is 6.86. The van der Waals surface area contributed by atoms with Crippen LogP contribution in [0.15, 0.2) is 97.1 Å². The Balaban J connectivity index is 0.000000313. The molecule has 4 aromatic rings. The minimum Gasteiger partial charge on any atom is -0.665 e. The molecule has 0 radical (unpaired) electrons. The summed E-state index contributed by atoms with van der Waals surface area (Å²) in [6, 6.07) is 25.5. The van der Waals surface area contributed by atoms with Crippen LogP contribution in [0.1, 0.15) is 36.1 Å². The summed E-state index contributed by atoms with van der Waals surface area (Å²) in [4.78, 5) is 0. The molecule has 0 aromatic heterocycles. The molecule has 0 unspecified atom stereocenters. The van der Waals surface area contributed by atoms with Gasteiger partial charge in [-0.25, -0.2) is 0 Å². The van der Waals surface area contributed by atoms with Crippen molar-refractivity contribution in [3.8, 4) is 17.2 Å². The summed E-state index contributed by atoms with van der Waals surface area (Å²) in [5, 5.41) is 9.29. The molecular formula is C32H28F6O3U. The van der Waals surface area contributed by atoms with Crippen molar-refractivity contribution in [2.45, 2.75) is 37.0 Å². The monoisotopic (exact) mass is 812 g/mol. The van der Waals surface area contributed by atoms with Crippen molar-refractivity contribution < 1.29 is 72.0 Å². The van der Waals surface area contributed by atoms with E-state index >= 15 is 0 Å². The van der Waals surface area contributed by atoms with Gasteiger partial charge in [-0.3, -0.25) is 0 Å². The Morgan fingerprint density at radius 2 is 1.00 bits per heavy atom. The van der Waals surface area contributed by atoms with Crippen LogP contribution >= 0.6 is 0 Å². The van der Waals surface area contributed by atoms with Gasteiger partial charge in [0.15, 0.2) is 0 Å². The first-order valence-corrected chi connectivity index (χ1v) is 12.2. The Hall–Kier alpha value is -3.09. The van der Waals surface area contributed by atoms with Gasteiger partial charge in [-0.15, -0.1) is 5.56 Å². The number of hydrogen-bond donors (Lipinski definition) is 1. The molecule has 220 valence electrons. The number of ether oxygens (including phenoxy) is 2. The summed E-state index contributed by atoms with van der Waals surface area (Å²) in [6.07, 6.45) is -11.3. The fourth-order valence-corrected chi connectivity index (χ4v) is 4.47. The van der Waals surface area contributed by atoms with E-state index in [1.807, 2.05) is 24.3 Å². The summed E-state index contributed by atoms with van der Waals surface area (Å²) >= 11 is 0. The van der Waals surface area contributed by atoms with Crippen LogP contribution in [0.4, 0.5) is 26.3 Å². The summed E-state index contributed by atoms with van der Waals surface area (Å²) in [5.41, 5.74) is -3.74. The Morgan fingerprint density at radius 3 is 1.38 bits per heavy atom. The third kappa shape index (κ3) is 7.27. The molecular weight excluding hydrogens is 784 g/mol. The van der Waals surface area contributed by atoms with Crippen molar-refractivity contribution in [1.29, 1.82) is 0 Å². The maximum absolute atomic E-state index is 13.8. The molecule has 0 saturated carbocycles. The van der Waals surface area contributed by atoms with E-state index in [0.29, 0.717) is 5.75 Å². The third-order valence-electron chi connectivity index (χ3n) is 6.86. The largest absolute Gasteiger partial charge is 2.00 e. The van der Waals surface area contributed by atoms with Crippen LogP contribution in [-0.2, 0) is 10.8 Å². The molecule has 4 rings (SSSR count). The van der Waals surface area contributed by atoms with Gasteiger partial charge in [0.05, 0.1) is 12.9 Å². The van der Waals surface area contributed by atoms with Gasteiger partial charge in [-0.2, -0.15) is 63.8 Å². The molecule has 0 heterocycles. The number of alkyl halides is 6. The number of phenols is 1. The number of methoxy groups -OCH3 is 1. The van der Waals surface area contributed by atoms with E-state index in [0.717, 1.165) is 48.5 Å². The Labute approximate surface area is 264 Å². The molecule has 4 aromatic carbocycles. The number of halogens is 6. The quantitative estimate of drug-likeness (QED) is 0.156. The van der Waals surface area contributed by atoms with Crippen molar-refractivity contribution >= 4 is 0 Å². The van der Waals surface area contributed by atoms with E-state index < -0.39 is 28.9 Å². The van der Waals surface area contributed by atoms with E-state index in [4.69, 9.17) is 4.74 Å². The zero-order valence-electron chi connectivity index (χ0n) is 23.0. The van der Waals surface area contributed by atoms with Gasteiger partial charge in [0.25, 0.3) is 0 Å². The van der Waals surface area contributed by atoms with E-state index in [2.05, 4.69) is 43.9 Å².